The fourth-order valence-corrected chi connectivity index (χ4v) is 9.98. The highest BCUT2D eigenvalue weighted by atomic mass is 35.5. The van der Waals surface area contributed by atoms with E-state index in [1.807, 2.05) is 39.0 Å². The number of piperidine rings is 2. The SMILES string of the molecule is CNC(=O)COc1cc2cc(Nc3nc(N4CCC(O[C@H]5C[C@H](N6CCN(c7cc(C)c8c(c7F)CN(C7CCC(=O)NC7=O)C8=O)CC6)C5)CC4)ncc3Cl)ccc2n(C(C)C)c1=O. The summed E-state index contributed by atoms with van der Waals surface area (Å²) >= 11 is 6.60. The number of imide groups is 1. The first-order chi connectivity index (χ1) is 31.3. The molecular weight excluding hydrogens is 859 g/mol. The molecule has 3 N–H and O–H groups in total. The smallest absolute Gasteiger partial charge is 0.293 e. The molecule has 4 fully saturated rings. The van der Waals surface area contributed by atoms with Crippen molar-refractivity contribution < 1.29 is 33.0 Å². The largest absolute Gasteiger partial charge is 0.478 e. The summed E-state index contributed by atoms with van der Waals surface area (Å²) in [5.74, 6) is -0.877. The van der Waals surface area contributed by atoms with Crippen LogP contribution in [0.1, 0.15) is 79.9 Å². The van der Waals surface area contributed by atoms with E-state index < -0.39 is 17.8 Å². The number of rotatable bonds is 12. The molecule has 1 saturated carbocycles. The first kappa shape index (κ1) is 44.4. The van der Waals surface area contributed by atoms with Crippen molar-refractivity contribution in [2.75, 3.05) is 68.0 Å². The van der Waals surface area contributed by atoms with Gasteiger partial charge in [0.15, 0.2) is 24.0 Å². The standard InChI is InChI=1S/C46H54ClFN10O7/c1-25(2)58-34-6-5-28(18-27(34)19-37(44(58)62)64-24-39(60)49-4)51-42-33(47)22-50-46(53-42)56-11-9-30(10-12-56)65-31-20-29(21-31)54-13-15-55(16-14-54)36-17-26(3)40-32(41(36)48)23-57(45(40)63)35-7-8-38(59)52-43(35)61/h5-6,17-19,22,25,29-31,35H,7-16,20-21,23-24H2,1-4H3,(H,49,60)(H,50,51,53)(H,52,59,61)/t29-,31-,35?. The Balaban J connectivity index is 0.753. The van der Waals surface area contributed by atoms with E-state index in [4.69, 9.17) is 26.1 Å². The Hall–Kier alpha value is -5.85. The summed E-state index contributed by atoms with van der Waals surface area (Å²) in [5, 5.41) is 9.23. The Bertz CT molecular complexity index is 2610. The second-order valence-electron chi connectivity index (χ2n) is 17.9. The highest BCUT2D eigenvalue weighted by Gasteiger charge is 2.43. The number of fused-ring (bicyclic) bond motifs is 2. The Morgan fingerprint density at radius 1 is 0.985 bits per heavy atom. The second-order valence-corrected chi connectivity index (χ2v) is 18.3. The van der Waals surface area contributed by atoms with Crippen LogP contribution in [0, 0.1) is 12.7 Å². The lowest BCUT2D eigenvalue weighted by Crippen LogP contribution is -2.56. The number of piperazine rings is 1. The van der Waals surface area contributed by atoms with Crippen LogP contribution in [-0.2, 0) is 25.7 Å². The Morgan fingerprint density at radius 2 is 1.74 bits per heavy atom. The third kappa shape index (κ3) is 8.82. The molecule has 4 amide bonds. The van der Waals surface area contributed by atoms with Crippen molar-refractivity contribution in [3.05, 3.63) is 74.4 Å². The quantitative estimate of drug-likeness (QED) is 0.170. The van der Waals surface area contributed by atoms with Crippen molar-refractivity contribution >= 4 is 69.3 Å². The summed E-state index contributed by atoms with van der Waals surface area (Å²) < 4.78 is 30.0. The molecular formula is C46H54ClFN10O7. The minimum Gasteiger partial charge on any atom is -0.478 e. The summed E-state index contributed by atoms with van der Waals surface area (Å²) in [7, 11) is 1.51. The zero-order valence-corrected chi connectivity index (χ0v) is 37.8. The van der Waals surface area contributed by atoms with E-state index in [9.17, 15) is 24.0 Å². The number of pyridine rings is 1. The fraction of sp³-hybridized carbons (Fsp3) is 0.500. The fourth-order valence-electron chi connectivity index (χ4n) is 9.84. The van der Waals surface area contributed by atoms with E-state index in [1.54, 1.807) is 22.9 Å². The van der Waals surface area contributed by atoms with Gasteiger partial charge in [-0.15, -0.1) is 0 Å². The van der Waals surface area contributed by atoms with Crippen molar-refractivity contribution in [1.29, 1.82) is 0 Å². The highest BCUT2D eigenvalue weighted by Crippen LogP contribution is 2.38. The number of nitrogens with one attached hydrogen (secondary N) is 3. The van der Waals surface area contributed by atoms with E-state index in [0.29, 0.717) is 64.0 Å². The molecule has 65 heavy (non-hydrogen) atoms. The number of carbonyl (C=O) groups excluding carboxylic acids is 4. The summed E-state index contributed by atoms with van der Waals surface area (Å²) in [6.45, 7) is 9.75. The molecule has 9 rings (SSSR count). The highest BCUT2D eigenvalue weighted by molar-refractivity contribution is 6.33. The number of carbonyl (C=O) groups is 4. The van der Waals surface area contributed by atoms with Crippen LogP contribution in [-0.4, -0.2) is 125 Å². The zero-order chi connectivity index (χ0) is 45.7. The molecule has 3 saturated heterocycles. The molecule has 2 aromatic carbocycles. The first-order valence-electron chi connectivity index (χ1n) is 22.4. The van der Waals surface area contributed by atoms with E-state index >= 15 is 4.39 Å². The zero-order valence-electron chi connectivity index (χ0n) is 37.0. The lowest BCUT2D eigenvalue weighted by molar-refractivity contribution is -0.137. The minimum absolute atomic E-state index is 0.0121. The summed E-state index contributed by atoms with van der Waals surface area (Å²) in [4.78, 5) is 80.1. The number of aromatic nitrogens is 3. The van der Waals surface area contributed by atoms with Crippen LogP contribution in [0.25, 0.3) is 10.9 Å². The van der Waals surface area contributed by atoms with Gasteiger partial charge in [0.1, 0.15) is 11.1 Å². The van der Waals surface area contributed by atoms with Crippen LogP contribution < -0.4 is 36.0 Å². The van der Waals surface area contributed by atoms with Crippen molar-refractivity contribution in [2.24, 2.45) is 0 Å². The number of amides is 4. The van der Waals surface area contributed by atoms with Crippen LogP contribution in [0.15, 0.2) is 41.3 Å². The molecule has 17 nitrogen and oxygen atoms in total. The van der Waals surface area contributed by atoms with E-state index in [1.165, 1.54) is 11.9 Å². The molecule has 19 heteroatoms. The number of aryl methyl sites for hydroxylation is 1. The monoisotopic (exact) mass is 912 g/mol. The van der Waals surface area contributed by atoms with E-state index in [2.05, 4.69) is 35.6 Å². The average molecular weight is 913 g/mol. The predicted octanol–water partition coefficient (Wildman–Crippen LogP) is 4.44. The molecule has 1 atom stereocenters. The molecule has 0 radical (unpaired) electrons. The lowest BCUT2D eigenvalue weighted by Gasteiger charge is -2.47. The van der Waals surface area contributed by atoms with E-state index in [-0.39, 0.29) is 73.3 Å². The molecule has 1 aliphatic carbocycles. The number of hydrogen-bond acceptors (Lipinski definition) is 13. The van der Waals surface area contributed by atoms with Crippen molar-refractivity contribution in [1.82, 2.24) is 35.0 Å². The predicted molar refractivity (Wildman–Crippen MR) is 243 cm³/mol. The maximum atomic E-state index is 16.1. The van der Waals surface area contributed by atoms with Gasteiger partial charge in [-0.3, -0.25) is 34.2 Å². The average Bonchev–Trinajstić information content (AvgIpc) is 3.63. The Labute approximate surface area is 380 Å². The van der Waals surface area contributed by atoms with Crippen molar-refractivity contribution in [3.8, 4) is 5.75 Å². The maximum absolute atomic E-state index is 16.1. The van der Waals surface area contributed by atoms with Crippen LogP contribution in [0.4, 0.5) is 27.5 Å². The van der Waals surface area contributed by atoms with Gasteiger partial charge in [-0.2, -0.15) is 4.98 Å². The molecule has 4 aliphatic heterocycles. The molecule has 1 unspecified atom stereocenters. The maximum Gasteiger partial charge on any atom is 0.293 e. The van der Waals surface area contributed by atoms with Gasteiger partial charge in [0.2, 0.25) is 17.8 Å². The molecule has 2 aromatic heterocycles. The molecule has 344 valence electrons. The molecule has 0 bridgehead atoms. The number of anilines is 4. The number of likely N-dealkylation sites (N-methyl/N-ethyl adjacent to an activating group) is 1. The van der Waals surface area contributed by atoms with Gasteiger partial charge in [-0.1, -0.05) is 11.6 Å². The van der Waals surface area contributed by atoms with Gasteiger partial charge in [0.05, 0.1) is 41.7 Å². The molecule has 6 heterocycles. The molecule has 5 aliphatic rings. The molecule has 0 spiro atoms. The number of hydrogen-bond donors (Lipinski definition) is 3. The Morgan fingerprint density at radius 3 is 2.45 bits per heavy atom. The third-order valence-corrected chi connectivity index (χ3v) is 13.7. The van der Waals surface area contributed by atoms with Crippen LogP contribution >= 0.6 is 11.6 Å². The van der Waals surface area contributed by atoms with Gasteiger partial charge < -0.3 is 39.4 Å². The summed E-state index contributed by atoms with van der Waals surface area (Å²) in [5.41, 5.74) is 2.94. The van der Waals surface area contributed by atoms with Crippen molar-refractivity contribution in [3.63, 3.8) is 0 Å². The van der Waals surface area contributed by atoms with Gasteiger partial charge in [0, 0.05) is 81.5 Å². The number of nitrogens with zero attached hydrogens (tertiary/aromatic N) is 7. The van der Waals surface area contributed by atoms with Crippen LogP contribution in [0.3, 0.4) is 0 Å². The summed E-state index contributed by atoms with van der Waals surface area (Å²) in [6, 6.07) is 8.48. The van der Waals surface area contributed by atoms with Crippen LogP contribution in [0.2, 0.25) is 5.02 Å². The van der Waals surface area contributed by atoms with Gasteiger partial charge in [-0.05, 0) is 88.8 Å². The summed E-state index contributed by atoms with van der Waals surface area (Å²) in [6.07, 6.45) is 5.88. The lowest BCUT2D eigenvalue weighted by atomic mass is 9.87. The third-order valence-electron chi connectivity index (χ3n) is 13.4. The number of benzene rings is 2. The van der Waals surface area contributed by atoms with Crippen LogP contribution in [0.5, 0.6) is 5.75 Å². The first-order valence-corrected chi connectivity index (χ1v) is 22.8. The minimum atomic E-state index is -0.788. The number of halogens is 2. The second kappa shape index (κ2) is 18.2. The Kier molecular flexibility index (Phi) is 12.4. The topological polar surface area (TPSA) is 184 Å². The number of ether oxygens (including phenoxy) is 2. The van der Waals surface area contributed by atoms with Gasteiger partial charge >= 0.3 is 0 Å². The normalized spacial score (nSPS) is 21.7. The van der Waals surface area contributed by atoms with E-state index in [0.717, 1.165) is 62.8 Å². The van der Waals surface area contributed by atoms with Crippen molar-refractivity contribution in [2.45, 2.75) is 96.2 Å². The molecule has 4 aromatic rings. The van der Waals surface area contributed by atoms with Gasteiger partial charge in [-0.25, -0.2) is 9.37 Å². The van der Waals surface area contributed by atoms with Gasteiger partial charge in [0.25, 0.3) is 17.4 Å².